The number of carbonyl (C=O) groups excluding carboxylic acids is 1. The van der Waals surface area contributed by atoms with Crippen LogP contribution in [0.2, 0.25) is 0 Å². The number of nitrogens with one attached hydrogen (secondary N) is 1. The van der Waals surface area contributed by atoms with Gasteiger partial charge < -0.3 is 16.0 Å². The number of hydrazone groups is 1. The van der Waals surface area contributed by atoms with Crippen molar-refractivity contribution in [2.24, 2.45) is 16.8 Å². The quantitative estimate of drug-likeness (QED) is 0.242. The Kier molecular flexibility index (Phi) is 9.43. The highest BCUT2D eigenvalue weighted by Gasteiger charge is 2.16. The van der Waals surface area contributed by atoms with Crippen LogP contribution in [0, 0.1) is 12.7 Å². The number of hydrazine groups is 1. The highest BCUT2D eigenvalue weighted by molar-refractivity contribution is 9.10. The molecule has 0 aromatic heterocycles. The van der Waals surface area contributed by atoms with Crippen molar-refractivity contribution in [1.29, 1.82) is 0 Å². The molecule has 0 saturated heterocycles. The first-order valence-corrected chi connectivity index (χ1v) is 7.75. The second kappa shape index (κ2) is 10.2. The normalized spacial score (nSPS) is 11.3. The lowest BCUT2D eigenvalue weighted by atomic mass is 10.2. The molecule has 0 bridgehead atoms. The first kappa shape index (κ1) is 21.3. The molecule has 1 rings (SSSR count). The third-order valence-corrected chi connectivity index (χ3v) is 3.03. The molecule has 0 radical (unpaired) electrons. The summed E-state index contributed by atoms with van der Waals surface area (Å²) >= 11 is 3.05. The van der Waals surface area contributed by atoms with Gasteiger partial charge in [-0.15, -0.1) is 0 Å². The molecule has 0 fully saturated rings. The lowest BCUT2D eigenvalue weighted by Crippen LogP contribution is -2.32. The van der Waals surface area contributed by atoms with Gasteiger partial charge in [-0.3, -0.25) is 4.79 Å². The van der Waals surface area contributed by atoms with Crippen molar-refractivity contribution in [3.8, 4) is 0 Å². The van der Waals surface area contributed by atoms with E-state index >= 15 is 0 Å². The van der Waals surface area contributed by atoms with E-state index in [1.54, 1.807) is 6.07 Å². The summed E-state index contributed by atoms with van der Waals surface area (Å²) in [6.45, 7) is 7.29. The minimum absolute atomic E-state index is 0.199. The van der Waals surface area contributed by atoms with Crippen molar-refractivity contribution in [2.45, 2.75) is 46.1 Å². The van der Waals surface area contributed by atoms with E-state index in [0.717, 1.165) is 5.56 Å². The van der Waals surface area contributed by atoms with E-state index in [9.17, 15) is 9.18 Å². The number of amidine groups is 1. The van der Waals surface area contributed by atoms with Crippen LogP contribution in [0.4, 0.5) is 4.39 Å². The first-order valence-electron chi connectivity index (χ1n) is 6.96. The molecule has 0 aliphatic heterocycles. The molecule has 0 amide bonds. The van der Waals surface area contributed by atoms with E-state index in [0.29, 0.717) is 16.7 Å². The maximum Gasteiger partial charge on any atom is 0.306 e. The number of aryl methyl sites for hydroxylation is 1. The monoisotopic (exact) mass is 390 g/mol. The van der Waals surface area contributed by atoms with Crippen LogP contribution in [0.3, 0.4) is 0 Å². The average Bonchev–Trinajstić information content (AvgIpc) is 2.43. The van der Waals surface area contributed by atoms with Gasteiger partial charge in [-0.2, -0.15) is 5.10 Å². The number of hydrogen-bond donors (Lipinski definition) is 3. The van der Waals surface area contributed by atoms with Gasteiger partial charge in [0.25, 0.3) is 0 Å². The number of nitrogens with two attached hydrogens (primary N) is 2. The highest BCUT2D eigenvalue weighted by atomic mass is 79.9. The van der Waals surface area contributed by atoms with Crippen LogP contribution in [0.25, 0.3) is 0 Å². The zero-order valence-electron chi connectivity index (χ0n) is 13.8. The van der Waals surface area contributed by atoms with E-state index in [4.69, 9.17) is 16.4 Å². The Bertz CT molecular complexity index is 545. The third-order valence-electron chi connectivity index (χ3n) is 2.38. The van der Waals surface area contributed by atoms with Gasteiger partial charge in [0.2, 0.25) is 0 Å². The van der Waals surface area contributed by atoms with Crippen molar-refractivity contribution >= 4 is 27.7 Å². The van der Waals surface area contributed by atoms with Crippen molar-refractivity contribution in [2.75, 3.05) is 0 Å². The molecule has 23 heavy (non-hydrogen) atoms. The fourth-order valence-corrected chi connectivity index (χ4v) is 1.63. The number of nitrogens with zero attached hydrogens (tertiary/aromatic N) is 1. The van der Waals surface area contributed by atoms with Crippen molar-refractivity contribution in [1.82, 2.24) is 5.43 Å². The predicted octanol–water partition coefficient (Wildman–Crippen LogP) is 2.74. The summed E-state index contributed by atoms with van der Waals surface area (Å²) in [5.41, 5.74) is 2.76. The van der Waals surface area contributed by atoms with Gasteiger partial charge in [-0.25, -0.2) is 10.2 Å². The molecule has 8 heteroatoms. The summed E-state index contributed by atoms with van der Waals surface area (Å²) in [6, 6.07) is 5.04. The van der Waals surface area contributed by atoms with Crippen LogP contribution >= 0.6 is 15.9 Å². The summed E-state index contributed by atoms with van der Waals surface area (Å²) in [5.74, 6) is 9.95. The van der Waals surface area contributed by atoms with Crippen LogP contribution in [0.5, 0.6) is 0 Å². The Labute approximate surface area is 144 Å². The summed E-state index contributed by atoms with van der Waals surface area (Å²) in [7, 11) is 0. The first-order chi connectivity index (χ1) is 10.6. The molecule has 6 nitrogen and oxygen atoms in total. The Morgan fingerprint density at radius 3 is 2.39 bits per heavy atom. The molecular formula is C15H24BrFN4O2. The Hall–Kier alpha value is -1.67. The molecule has 0 aliphatic carbocycles. The van der Waals surface area contributed by atoms with Gasteiger partial charge in [-0.1, -0.05) is 6.07 Å². The fraction of sp³-hybridized carbons (Fsp3) is 0.467. The summed E-state index contributed by atoms with van der Waals surface area (Å²) in [4.78, 5) is 11.2. The van der Waals surface area contributed by atoms with Gasteiger partial charge in [0, 0.05) is 6.42 Å². The lowest BCUT2D eigenvalue weighted by molar-refractivity contribution is -0.154. The van der Waals surface area contributed by atoms with Crippen LogP contribution in [-0.2, 0) is 9.53 Å². The topological polar surface area (TPSA) is 103 Å². The van der Waals surface area contributed by atoms with E-state index in [-0.39, 0.29) is 18.2 Å². The average molecular weight is 391 g/mol. The molecule has 1 aromatic carbocycles. The van der Waals surface area contributed by atoms with E-state index in [1.807, 2.05) is 33.8 Å². The Balaban J connectivity index is 0.000000459. The van der Waals surface area contributed by atoms with Gasteiger partial charge in [0.1, 0.15) is 17.3 Å². The number of hydrogen-bond acceptors (Lipinski definition) is 5. The number of ether oxygens (including phenoxy) is 1. The standard InChI is InChI=1S/C8H18N4O2.C7H6BrF/c1-8(2,3)14-7(13)5-4-6(11-9)12-10;1-5-2-3-6(8)7(9)4-5/h4-5,9-10H2,1-3H3,(H,11,12);2-4H,1H3. The van der Waals surface area contributed by atoms with Crippen molar-refractivity contribution in [3.05, 3.63) is 34.1 Å². The van der Waals surface area contributed by atoms with Crippen LogP contribution in [-0.4, -0.2) is 17.4 Å². The highest BCUT2D eigenvalue weighted by Crippen LogP contribution is 2.15. The Morgan fingerprint density at radius 1 is 1.39 bits per heavy atom. The number of benzene rings is 1. The molecule has 0 spiro atoms. The van der Waals surface area contributed by atoms with E-state index < -0.39 is 5.60 Å². The summed E-state index contributed by atoms with van der Waals surface area (Å²) in [6.07, 6.45) is 0.555. The maximum absolute atomic E-state index is 12.5. The van der Waals surface area contributed by atoms with Gasteiger partial charge >= 0.3 is 5.97 Å². The smallest absolute Gasteiger partial charge is 0.306 e. The second-order valence-electron chi connectivity index (χ2n) is 5.72. The van der Waals surface area contributed by atoms with Gasteiger partial charge in [0.05, 0.1) is 10.9 Å². The summed E-state index contributed by atoms with van der Waals surface area (Å²) < 4.78 is 18.1. The van der Waals surface area contributed by atoms with Crippen LogP contribution in [0.15, 0.2) is 27.8 Å². The van der Waals surface area contributed by atoms with Gasteiger partial charge in [-0.05, 0) is 61.3 Å². The van der Waals surface area contributed by atoms with E-state index in [1.165, 1.54) is 6.07 Å². The minimum Gasteiger partial charge on any atom is -0.460 e. The minimum atomic E-state index is -0.465. The molecule has 0 saturated carbocycles. The molecule has 0 atom stereocenters. The second-order valence-corrected chi connectivity index (χ2v) is 6.58. The lowest BCUT2D eigenvalue weighted by Gasteiger charge is -2.19. The fourth-order valence-electron chi connectivity index (χ4n) is 1.39. The van der Waals surface area contributed by atoms with E-state index in [2.05, 4.69) is 26.5 Å². The van der Waals surface area contributed by atoms with Crippen LogP contribution in [0.1, 0.15) is 39.2 Å². The third kappa shape index (κ3) is 10.6. The Morgan fingerprint density at radius 2 is 2.00 bits per heavy atom. The van der Waals surface area contributed by atoms with Gasteiger partial charge in [0.15, 0.2) is 0 Å². The van der Waals surface area contributed by atoms with Crippen LogP contribution < -0.4 is 17.1 Å². The molecule has 0 aliphatic rings. The number of halogens is 2. The molecule has 0 heterocycles. The molecule has 5 N–H and O–H groups in total. The SMILES string of the molecule is CC(C)(C)OC(=O)CC/C(=N/N)NN.Cc1ccc(Br)c(F)c1. The maximum atomic E-state index is 12.5. The number of carbonyl (C=O) groups is 1. The number of rotatable bonds is 3. The molecule has 1 aromatic rings. The van der Waals surface area contributed by atoms with Crippen molar-refractivity contribution < 1.29 is 13.9 Å². The zero-order valence-corrected chi connectivity index (χ0v) is 15.4. The molecular weight excluding hydrogens is 367 g/mol. The zero-order chi connectivity index (χ0) is 18.0. The molecule has 130 valence electrons. The molecule has 0 unspecified atom stereocenters. The summed E-state index contributed by atoms with van der Waals surface area (Å²) in [5, 5.41) is 3.35. The van der Waals surface area contributed by atoms with Crippen molar-refractivity contribution in [3.63, 3.8) is 0 Å². The largest absolute Gasteiger partial charge is 0.460 e. The predicted molar refractivity (Wildman–Crippen MR) is 92.9 cm³/mol. The number of esters is 1.